The van der Waals surface area contributed by atoms with Gasteiger partial charge in [0, 0.05) is 13.0 Å². The number of nitrogens with one attached hydrogen (secondary N) is 1. The minimum absolute atomic E-state index is 0.201. The molecular weight excluding hydrogens is 384 g/mol. The van der Waals surface area contributed by atoms with E-state index >= 15 is 0 Å². The molecule has 0 unspecified atom stereocenters. The van der Waals surface area contributed by atoms with E-state index in [9.17, 15) is 19.2 Å². The lowest BCUT2D eigenvalue weighted by atomic mass is 10.1. The van der Waals surface area contributed by atoms with Crippen molar-refractivity contribution in [3.8, 4) is 0 Å². The summed E-state index contributed by atoms with van der Waals surface area (Å²) in [6.07, 6.45) is 2.20. The molecule has 0 bridgehead atoms. The highest BCUT2D eigenvalue weighted by molar-refractivity contribution is 6.21. The fourth-order valence-electron chi connectivity index (χ4n) is 3.37. The van der Waals surface area contributed by atoms with E-state index in [0.717, 1.165) is 0 Å². The molecule has 3 amide bonds. The van der Waals surface area contributed by atoms with E-state index in [1.165, 1.54) is 4.90 Å². The summed E-state index contributed by atoms with van der Waals surface area (Å²) in [5, 5.41) is 2.75. The maximum Gasteiger partial charge on any atom is 0.340 e. The molecule has 1 aliphatic rings. The maximum absolute atomic E-state index is 12.3. The molecule has 2 aromatic carbocycles. The van der Waals surface area contributed by atoms with Crippen molar-refractivity contribution in [2.75, 3.05) is 18.5 Å². The third-order valence-corrected chi connectivity index (χ3v) is 4.86. The van der Waals surface area contributed by atoms with Crippen LogP contribution in [0.5, 0.6) is 0 Å². The van der Waals surface area contributed by atoms with Gasteiger partial charge in [0.2, 0.25) is 5.91 Å². The number of fused-ring (bicyclic) bond motifs is 1. The number of amides is 3. The first-order valence-electron chi connectivity index (χ1n) is 10.0. The molecule has 0 spiro atoms. The molecule has 0 radical (unpaired) electrons. The number of ether oxygens (including phenoxy) is 1. The first-order chi connectivity index (χ1) is 14.5. The number of para-hydroxylation sites is 1. The third-order valence-electron chi connectivity index (χ3n) is 4.86. The van der Waals surface area contributed by atoms with E-state index in [2.05, 4.69) is 5.32 Å². The number of carbonyl (C=O) groups excluding carboxylic acids is 4. The molecule has 1 aliphatic heterocycles. The quantitative estimate of drug-likeness (QED) is 0.388. The molecule has 1 N–H and O–H groups in total. The summed E-state index contributed by atoms with van der Waals surface area (Å²) in [6.45, 7) is 2.31. The summed E-state index contributed by atoms with van der Waals surface area (Å²) in [7, 11) is 0. The Morgan fingerprint density at radius 1 is 0.900 bits per heavy atom. The van der Waals surface area contributed by atoms with Crippen LogP contribution >= 0.6 is 0 Å². The van der Waals surface area contributed by atoms with Gasteiger partial charge in [0.05, 0.1) is 29.0 Å². The molecule has 3 rings (SSSR count). The Morgan fingerprint density at radius 3 is 2.20 bits per heavy atom. The van der Waals surface area contributed by atoms with Gasteiger partial charge in [-0.05, 0) is 44.0 Å². The molecule has 1 heterocycles. The average Bonchev–Trinajstić information content (AvgIpc) is 2.99. The van der Waals surface area contributed by atoms with Gasteiger partial charge < -0.3 is 10.1 Å². The molecule has 0 atom stereocenters. The molecular formula is C23H24N2O5. The van der Waals surface area contributed by atoms with Gasteiger partial charge in [0.1, 0.15) is 0 Å². The molecule has 0 aromatic heterocycles. The van der Waals surface area contributed by atoms with Gasteiger partial charge in [-0.1, -0.05) is 30.7 Å². The number of hydrogen-bond acceptors (Lipinski definition) is 5. The van der Waals surface area contributed by atoms with Crippen LogP contribution in [0.2, 0.25) is 0 Å². The van der Waals surface area contributed by atoms with E-state index in [-0.39, 0.29) is 30.7 Å². The number of anilines is 1. The van der Waals surface area contributed by atoms with E-state index in [0.29, 0.717) is 48.2 Å². The Hall–Kier alpha value is -3.48. The van der Waals surface area contributed by atoms with Crippen molar-refractivity contribution in [2.24, 2.45) is 0 Å². The van der Waals surface area contributed by atoms with Crippen molar-refractivity contribution < 1.29 is 23.9 Å². The average molecular weight is 408 g/mol. The summed E-state index contributed by atoms with van der Waals surface area (Å²) in [4.78, 5) is 50.1. The predicted octanol–water partition coefficient (Wildman–Crippen LogP) is 3.66. The van der Waals surface area contributed by atoms with Crippen LogP contribution in [-0.2, 0) is 9.53 Å². The molecule has 7 nitrogen and oxygen atoms in total. The van der Waals surface area contributed by atoms with Gasteiger partial charge in [0.25, 0.3) is 11.8 Å². The monoisotopic (exact) mass is 408 g/mol. The standard InChI is InChI=1S/C23H24N2O5/c1-2-30-23(29)18-12-7-8-13-19(18)24-20(26)14-4-3-9-15-25-21(27)16-10-5-6-11-17(16)22(25)28/h5-8,10-13H,2-4,9,14-15H2,1H3,(H,24,26). The zero-order valence-electron chi connectivity index (χ0n) is 16.8. The lowest BCUT2D eigenvalue weighted by Crippen LogP contribution is -2.30. The Balaban J connectivity index is 1.43. The molecule has 0 saturated heterocycles. The maximum atomic E-state index is 12.3. The van der Waals surface area contributed by atoms with Gasteiger partial charge in [-0.3, -0.25) is 19.3 Å². The molecule has 156 valence electrons. The first kappa shape index (κ1) is 21.2. The Bertz CT molecular complexity index is 935. The van der Waals surface area contributed by atoms with Gasteiger partial charge in [-0.2, -0.15) is 0 Å². The van der Waals surface area contributed by atoms with E-state index in [1.807, 2.05) is 0 Å². The second-order valence-electron chi connectivity index (χ2n) is 6.93. The predicted molar refractivity (Wildman–Crippen MR) is 111 cm³/mol. The summed E-state index contributed by atoms with van der Waals surface area (Å²) in [5.41, 5.74) is 1.63. The molecule has 30 heavy (non-hydrogen) atoms. The van der Waals surface area contributed by atoms with Crippen LogP contribution in [0.25, 0.3) is 0 Å². The SMILES string of the molecule is CCOC(=O)c1ccccc1NC(=O)CCCCCN1C(=O)c2ccccc2C1=O. The van der Waals surface area contributed by atoms with Crippen molar-refractivity contribution >= 4 is 29.4 Å². The van der Waals surface area contributed by atoms with Crippen molar-refractivity contribution in [1.29, 1.82) is 0 Å². The lowest BCUT2D eigenvalue weighted by Gasteiger charge is -2.13. The van der Waals surface area contributed by atoms with Crippen LogP contribution in [0.15, 0.2) is 48.5 Å². The van der Waals surface area contributed by atoms with Crippen LogP contribution in [0.3, 0.4) is 0 Å². The number of rotatable bonds is 9. The number of nitrogens with zero attached hydrogens (tertiary/aromatic N) is 1. The van der Waals surface area contributed by atoms with Gasteiger partial charge in [-0.25, -0.2) is 4.79 Å². The first-order valence-corrected chi connectivity index (χ1v) is 10.0. The topological polar surface area (TPSA) is 92.8 Å². The number of unbranched alkanes of at least 4 members (excludes halogenated alkanes) is 2. The molecule has 0 fully saturated rings. The molecule has 0 aliphatic carbocycles. The number of hydrogen-bond donors (Lipinski definition) is 1. The van der Waals surface area contributed by atoms with Crippen LogP contribution in [0.1, 0.15) is 63.7 Å². The molecule has 2 aromatic rings. The van der Waals surface area contributed by atoms with E-state index < -0.39 is 5.97 Å². The summed E-state index contributed by atoms with van der Waals surface area (Å²) in [6, 6.07) is 13.5. The number of carbonyl (C=O) groups is 4. The minimum atomic E-state index is -0.477. The summed E-state index contributed by atoms with van der Waals surface area (Å²) < 4.78 is 5.00. The zero-order chi connectivity index (χ0) is 21.5. The number of imide groups is 1. The summed E-state index contributed by atoms with van der Waals surface area (Å²) >= 11 is 0. The summed E-state index contributed by atoms with van der Waals surface area (Å²) in [5.74, 6) is -1.20. The number of esters is 1. The molecule has 7 heteroatoms. The Labute approximate surface area is 175 Å². The Kier molecular flexibility index (Phi) is 6.95. The van der Waals surface area contributed by atoms with E-state index in [1.54, 1.807) is 55.5 Å². The third kappa shape index (κ3) is 4.74. The van der Waals surface area contributed by atoms with Crippen LogP contribution in [0.4, 0.5) is 5.69 Å². The van der Waals surface area contributed by atoms with Crippen LogP contribution in [0, 0.1) is 0 Å². The van der Waals surface area contributed by atoms with Gasteiger partial charge in [0.15, 0.2) is 0 Å². The lowest BCUT2D eigenvalue weighted by molar-refractivity contribution is -0.116. The highest BCUT2D eigenvalue weighted by Crippen LogP contribution is 2.23. The normalized spacial score (nSPS) is 12.6. The number of benzene rings is 2. The molecule has 0 saturated carbocycles. The van der Waals surface area contributed by atoms with Crippen LogP contribution < -0.4 is 5.32 Å². The van der Waals surface area contributed by atoms with Crippen molar-refractivity contribution in [3.63, 3.8) is 0 Å². The fourth-order valence-corrected chi connectivity index (χ4v) is 3.37. The smallest absolute Gasteiger partial charge is 0.340 e. The minimum Gasteiger partial charge on any atom is -0.462 e. The van der Waals surface area contributed by atoms with Gasteiger partial charge in [-0.15, -0.1) is 0 Å². The highest BCUT2D eigenvalue weighted by Gasteiger charge is 2.34. The fraction of sp³-hybridized carbons (Fsp3) is 0.304. The second-order valence-corrected chi connectivity index (χ2v) is 6.93. The Morgan fingerprint density at radius 2 is 1.53 bits per heavy atom. The zero-order valence-corrected chi connectivity index (χ0v) is 16.8. The van der Waals surface area contributed by atoms with Gasteiger partial charge >= 0.3 is 5.97 Å². The van der Waals surface area contributed by atoms with Crippen molar-refractivity contribution in [1.82, 2.24) is 4.90 Å². The van der Waals surface area contributed by atoms with Crippen LogP contribution in [-0.4, -0.2) is 41.7 Å². The second kappa shape index (κ2) is 9.82. The largest absolute Gasteiger partial charge is 0.462 e. The highest BCUT2D eigenvalue weighted by atomic mass is 16.5. The van der Waals surface area contributed by atoms with Crippen molar-refractivity contribution in [2.45, 2.75) is 32.6 Å². The van der Waals surface area contributed by atoms with E-state index in [4.69, 9.17) is 4.74 Å². The van der Waals surface area contributed by atoms with Crippen molar-refractivity contribution in [3.05, 3.63) is 65.2 Å².